The van der Waals surface area contributed by atoms with Crippen LogP contribution in [-0.4, -0.2) is 33.5 Å². The van der Waals surface area contributed by atoms with Crippen LogP contribution in [-0.2, 0) is 16.8 Å². The van der Waals surface area contributed by atoms with Crippen molar-refractivity contribution in [1.82, 2.24) is 14.8 Å². The predicted octanol–water partition coefficient (Wildman–Crippen LogP) is 9.36. The summed E-state index contributed by atoms with van der Waals surface area (Å²) in [5, 5.41) is 12.1. The first-order valence-corrected chi connectivity index (χ1v) is 17.7. The van der Waals surface area contributed by atoms with Gasteiger partial charge in [-0.15, -0.1) is 5.10 Å². The van der Waals surface area contributed by atoms with E-state index in [4.69, 9.17) is 19.6 Å². The number of benzene rings is 3. The predicted molar refractivity (Wildman–Crippen MR) is 195 cm³/mol. The van der Waals surface area contributed by atoms with Gasteiger partial charge >= 0.3 is 0 Å². The normalized spacial score (nSPS) is 14.4. The molecule has 1 unspecified atom stereocenters. The number of hydrogen-bond acceptors (Lipinski definition) is 7. The lowest BCUT2D eigenvalue weighted by molar-refractivity contribution is -0.113. The molecule has 47 heavy (non-hydrogen) atoms. The van der Waals surface area contributed by atoms with Crippen LogP contribution in [0.15, 0.2) is 75.5 Å². The van der Waals surface area contributed by atoms with Crippen LogP contribution in [0.5, 0.6) is 11.5 Å². The number of halogens is 1. The third-order valence-corrected chi connectivity index (χ3v) is 9.94. The van der Waals surface area contributed by atoms with E-state index in [9.17, 15) is 4.79 Å². The molecule has 2 heterocycles. The summed E-state index contributed by atoms with van der Waals surface area (Å²) in [4.78, 5) is 19.0. The van der Waals surface area contributed by atoms with Crippen molar-refractivity contribution in [3.63, 3.8) is 0 Å². The number of aryl methyl sites for hydroxylation is 1. The third-order valence-electron chi connectivity index (χ3n) is 8.43. The van der Waals surface area contributed by atoms with Gasteiger partial charge in [0.1, 0.15) is 12.6 Å². The zero-order valence-corrected chi connectivity index (χ0v) is 30.9. The standard InChI is InChI=1S/C37H44BrN5O3S/c1-9-10-18-47-36-41-35-39-24(4)31(34(44)40-29-13-11-12-22(2)23(29)3)32(43(35)42-36)26-19-28(38)33(30(20-26)45-8)46-21-25-14-16-27(17-15-25)37(5,6)7/h11-17,19-20,32H,9-10,18,21H2,1-8H3,(H,40,44)(H,39,41,42). The maximum Gasteiger partial charge on any atom is 0.255 e. The van der Waals surface area contributed by atoms with Crippen molar-refractivity contribution in [3.05, 3.63) is 98.2 Å². The average Bonchev–Trinajstić information content (AvgIpc) is 3.43. The lowest BCUT2D eigenvalue weighted by atomic mass is 9.87. The fourth-order valence-electron chi connectivity index (χ4n) is 5.47. The molecule has 4 aromatic rings. The van der Waals surface area contributed by atoms with E-state index in [-0.39, 0.29) is 11.3 Å². The number of thioether (sulfide) groups is 1. The number of allylic oxidation sites excluding steroid dienone is 1. The summed E-state index contributed by atoms with van der Waals surface area (Å²) >= 11 is 5.38. The number of anilines is 2. The first-order valence-electron chi connectivity index (χ1n) is 16.0. The minimum Gasteiger partial charge on any atom is -0.493 e. The highest BCUT2D eigenvalue weighted by Gasteiger charge is 2.35. The Morgan fingerprint density at radius 3 is 2.53 bits per heavy atom. The first-order chi connectivity index (χ1) is 22.4. The molecule has 248 valence electrons. The number of rotatable bonds is 11. The van der Waals surface area contributed by atoms with Gasteiger partial charge in [-0.3, -0.25) is 4.79 Å². The SMILES string of the molecule is CCCCSc1nc2n(n1)C(c1cc(Br)c(OCc3ccc(C(C)(C)C)cc3)c(OC)c1)C(C(=O)Nc1cccc(C)c1C)=C(C)N2. The van der Waals surface area contributed by atoms with Gasteiger partial charge in [0.15, 0.2) is 11.5 Å². The summed E-state index contributed by atoms with van der Waals surface area (Å²) in [5.74, 6) is 2.42. The van der Waals surface area contributed by atoms with Crippen molar-refractivity contribution in [3.8, 4) is 11.5 Å². The number of amides is 1. The smallest absolute Gasteiger partial charge is 0.255 e. The van der Waals surface area contributed by atoms with Crippen molar-refractivity contribution >= 4 is 45.2 Å². The van der Waals surface area contributed by atoms with E-state index in [1.54, 1.807) is 23.6 Å². The number of carbonyl (C=O) groups is 1. The number of fused-ring (bicyclic) bond motifs is 1. The van der Waals surface area contributed by atoms with Gasteiger partial charge in [-0.25, -0.2) is 4.68 Å². The quantitative estimate of drug-likeness (QED) is 0.118. The van der Waals surface area contributed by atoms with Gasteiger partial charge in [-0.05, 0) is 94.6 Å². The Labute approximate surface area is 290 Å². The molecule has 1 amide bonds. The van der Waals surface area contributed by atoms with Gasteiger partial charge < -0.3 is 20.1 Å². The highest BCUT2D eigenvalue weighted by Crippen LogP contribution is 2.43. The molecule has 0 saturated heterocycles. The Bertz CT molecular complexity index is 1790. The molecule has 0 fully saturated rings. The number of aromatic nitrogens is 3. The topological polar surface area (TPSA) is 90.3 Å². The maximum atomic E-state index is 14.2. The van der Waals surface area contributed by atoms with E-state index in [0.717, 1.165) is 46.5 Å². The highest BCUT2D eigenvalue weighted by molar-refractivity contribution is 9.10. The molecule has 0 radical (unpaired) electrons. The van der Waals surface area contributed by atoms with Crippen molar-refractivity contribution in [2.75, 3.05) is 23.5 Å². The summed E-state index contributed by atoms with van der Waals surface area (Å²) in [6.45, 7) is 15.1. The fraction of sp³-hybridized carbons (Fsp3) is 0.378. The average molecular weight is 719 g/mol. The van der Waals surface area contributed by atoms with Crippen molar-refractivity contribution in [1.29, 1.82) is 0 Å². The van der Waals surface area contributed by atoms with Gasteiger partial charge in [0.25, 0.3) is 5.91 Å². The zero-order valence-electron chi connectivity index (χ0n) is 28.5. The van der Waals surface area contributed by atoms with E-state index in [0.29, 0.717) is 45.0 Å². The van der Waals surface area contributed by atoms with Crippen LogP contribution >= 0.6 is 27.7 Å². The van der Waals surface area contributed by atoms with Crippen LogP contribution in [0.3, 0.4) is 0 Å². The molecule has 1 aliphatic heterocycles. The van der Waals surface area contributed by atoms with Crippen molar-refractivity contribution < 1.29 is 14.3 Å². The highest BCUT2D eigenvalue weighted by atomic mass is 79.9. The number of hydrogen-bond donors (Lipinski definition) is 2. The molecule has 3 aromatic carbocycles. The Morgan fingerprint density at radius 1 is 1.11 bits per heavy atom. The second-order valence-electron chi connectivity index (χ2n) is 12.9. The molecule has 10 heteroatoms. The van der Waals surface area contributed by atoms with Gasteiger partial charge in [-0.2, -0.15) is 4.98 Å². The lowest BCUT2D eigenvalue weighted by Gasteiger charge is -2.29. The first kappa shape index (κ1) is 34.6. The molecule has 2 N–H and O–H groups in total. The summed E-state index contributed by atoms with van der Waals surface area (Å²) in [5.41, 5.74) is 7.35. The molecule has 0 saturated carbocycles. The van der Waals surface area contributed by atoms with E-state index >= 15 is 0 Å². The van der Waals surface area contributed by atoms with Crippen LogP contribution in [0, 0.1) is 13.8 Å². The molecular formula is C37H44BrN5O3S. The van der Waals surface area contributed by atoms with Crippen LogP contribution in [0.4, 0.5) is 11.6 Å². The largest absolute Gasteiger partial charge is 0.493 e. The van der Waals surface area contributed by atoms with E-state index in [1.807, 2.05) is 51.1 Å². The fourth-order valence-corrected chi connectivity index (χ4v) is 6.96. The minimum atomic E-state index is -0.575. The Hall–Kier alpha value is -3.76. The van der Waals surface area contributed by atoms with Crippen LogP contribution in [0.2, 0.25) is 0 Å². The number of ether oxygens (including phenoxy) is 2. The van der Waals surface area contributed by atoms with E-state index in [2.05, 4.69) is 78.5 Å². The second-order valence-corrected chi connectivity index (χ2v) is 14.8. The molecule has 1 aromatic heterocycles. The Kier molecular flexibility index (Phi) is 10.7. The number of unbranched alkanes of at least 4 members (excludes halogenated alkanes) is 1. The van der Waals surface area contributed by atoms with Gasteiger partial charge in [0.2, 0.25) is 11.1 Å². The third kappa shape index (κ3) is 7.70. The van der Waals surface area contributed by atoms with Crippen LogP contribution in [0.1, 0.15) is 81.3 Å². The van der Waals surface area contributed by atoms with Gasteiger partial charge in [0.05, 0.1) is 17.2 Å². The number of nitrogens with zero attached hydrogens (tertiary/aromatic N) is 3. The van der Waals surface area contributed by atoms with Crippen LogP contribution in [0.25, 0.3) is 0 Å². The van der Waals surface area contributed by atoms with Gasteiger partial charge in [0, 0.05) is 17.1 Å². The molecule has 5 rings (SSSR count). The number of methoxy groups -OCH3 is 1. The molecular weight excluding hydrogens is 674 g/mol. The van der Waals surface area contributed by atoms with Crippen molar-refractivity contribution in [2.45, 2.75) is 84.5 Å². The number of carbonyl (C=O) groups excluding carboxylic acids is 1. The Balaban J connectivity index is 1.51. The monoisotopic (exact) mass is 717 g/mol. The van der Waals surface area contributed by atoms with E-state index in [1.165, 1.54) is 5.56 Å². The second kappa shape index (κ2) is 14.6. The molecule has 0 bridgehead atoms. The summed E-state index contributed by atoms with van der Waals surface area (Å²) < 4.78 is 14.7. The molecule has 1 atom stereocenters. The molecule has 8 nitrogen and oxygen atoms in total. The summed E-state index contributed by atoms with van der Waals surface area (Å²) in [6.07, 6.45) is 2.16. The molecule has 0 aliphatic carbocycles. The molecule has 0 spiro atoms. The minimum absolute atomic E-state index is 0.0798. The number of nitrogens with one attached hydrogen (secondary N) is 2. The van der Waals surface area contributed by atoms with Crippen molar-refractivity contribution in [2.24, 2.45) is 0 Å². The van der Waals surface area contributed by atoms with E-state index < -0.39 is 6.04 Å². The maximum absolute atomic E-state index is 14.2. The zero-order chi connectivity index (χ0) is 33.9. The van der Waals surface area contributed by atoms with Crippen LogP contribution < -0.4 is 20.1 Å². The molecule has 1 aliphatic rings. The van der Waals surface area contributed by atoms with Gasteiger partial charge in [-0.1, -0.05) is 82.3 Å². The lowest BCUT2D eigenvalue weighted by Crippen LogP contribution is -2.31. The Morgan fingerprint density at radius 2 is 1.85 bits per heavy atom. The summed E-state index contributed by atoms with van der Waals surface area (Å²) in [7, 11) is 1.62. The summed E-state index contributed by atoms with van der Waals surface area (Å²) in [6, 6.07) is 17.7.